The zero-order valence-corrected chi connectivity index (χ0v) is 10.1. The van der Waals surface area contributed by atoms with Gasteiger partial charge in [-0.05, 0) is 0 Å². The predicted molar refractivity (Wildman–Crippen MR) is 62.2 cm³/mol. The lowest BCUT2D eigenvalue weighted by atomic mass is 10.5. The maximum Gasteiger partial charge on any atom is 0.133 e. The first-order valence-electron chi connectivity index (χ1n) is 4.40. The van der Waals surface area contributed by atoms with Crippen molar-refractivity contribution in [1.29, 1.82) is 0 Å². The molecule has 0 aliphatic rings. The smallest absolute Gasteiger partial charge is 0.133 e. The molecule has 0 atom stereocenters. The highest BCUT2D eigenvalue weighted by atomic mass is 32.2. The molecule has 0 saturated heterocycles. The summed E-state index contributed by atoms with van der Waals surface area (Å²) in [5.41, 5.74) is 0.997. The second kappa shape index (κ2) is 4.63. The lowest BCUT2D eigenvalue weighted by molar-refractivity contribution is 0.766. The number of nitrogens with one attached hydrogen (secondary N) is 1. The average molecular weight is 241 g/mol. The Labute approximate surface area is 96.1 Å². The molecule has 0 aromatic carbocycles. The molecule has 80 valence electrons. The minimum absolute atomic E-state index is 0.818. The Morgan fingerprint density at radius 1 is 1.60 bits per heavy atom. The lowest BCUT2D eigenvalue weighted by Crippen LogP contribution is -1.90. The minimum Gasteiger partial charge on any atom is -0.377 e. The highest BCUT2D eigenvalue weighted by Gasteiger charge is 2.07. The number of hydrogen-bond donors (Lipinski definition) is 1. The molecule has 0 saturated carbocycles. The molecule has 0 aliphatic heterocycles. The Morgan fingerprint density at radius 3 is 3.13 bits per heavy atom. The Morgan fingerprint density at radius 2 is 2.47 bits per heavy atom. The highest BCUT2D eigenvalue weighted by molar-refractivity contribution is 7.98. The highest BCUT2D eigenvalue weighted by Crippen LogP contribution is 2.26. The second-order valence-corrected chi connectivity index (χ2v) is 4.74. The molecule has 7 heteroatoms. The van der Waals surface area contributed by atoms with Crippen molar-refractivity contribution in [3.05, 3.63) is 18.1 Å². The van der Waals surface area contributed by atoms with E-state index >= 15 is 0 Å². The van der Waals surface area contributed by atoms with Crippen molar-refractivity contribution in [2.24, 2.45) is 7.05 Å². The summed E-state index contributed by atoms with van der Waals surface area (Å²) in [5.74, 6) is 0.818. The largest absolute Gasteiger partial charge is 0.377 e. The normalized spacial score (nSPS) is 10.5. The molecule has 0 unspecified atom stereocenters. The molecule has 0 fully saturated rings. The van der Waals surface area contributed by atoms with Crippen LogP contribution in [0.15, 0.2) is 17.3 Å². The molecule has 0 spiro atoms. The summed E-state index contributed by atoms with van der Waals surface area (Å²) in [4.78, 5) is 1.15. The minimum atomic E-state index is 0.818. The fraction of sp³-hybridized carbons (Fsp3) is 0.375. The second-order valence-electron chi connectivity index (χ2n) is 2.94. The van der Waals surface area contributed by atoms with Crippen LogP contribution in [-0.4, -0.2) is 26.4 Å². The van der Waals surface area contributed by atoms with Crippen LogP contribution in [0.3, 0.4) is 0 Å². The molecule has 15 heavy (non-hydrogen) atoms. The van der Waals surface area contributed by atoms with E-state index in [1.54, 1.807) is 16.4 Å². The summed E-state index contributed by atoms with van der Waals surface area (Å²) in [6, 6.07) is 0. The summed E-state index contributed by atoms with van der Waals surface area (Å²) in [6.45, 7) is 0. The van der Waals surface area contributed by atoms with Gasteiger partial charge in [-0.25, -0.2) is 0 Å². The van der Waals surface area contributed by atoms with E-state index < -0.39 is 0 Å². The predicted octanol–water partition coefficient (Wildman–Crippen LogP) is 1.61. The monoisotopic (exact) mass is 241 g/mol. The van der Waals surface area contributed by atoms with Gasteiger partial charge in [0.15, 0.2) is 0 Å². The van der Waals surface area contributed by atoms with Crippen molar-refractivity contribution in [2.75, 3.05) is 12.4 Å². The number of aryl methyl sites for hydroxylation is 1. The zero-order valence-electron chi connectivity index (χ0n) is 8.47. The van der Waals surface area contributed by atoms with Gasteiger partial charge in [0, 0.05) is 42.5 Å². The topological polar surface area (TPSA) is 55.6 Å². The van der Waals surface area contributed by atoms with E-state index in [2.05, 4.69) is 20.0 Å². The summed E-state index contributed by atoms with van der Waals surface area (Å²) < 4.78 is 5.70. The maximum atomic E-state index is 4.11. The third-order valence-electron chi connectivity index (χ3n) is 1.84. The summed E-state index contributed by atoms with van der Waals surface area (Å²) in [5, 5.41) is 12.3. The number of hydrogen-bond acceptors (Lipinski definition) is 6. The molecule has 0 aliphatic carbocycles. The standard InChI is InChI=1S/C8H11N5S2/c1-9-8-7(11-12-15-8)5-14-6-3-10-13(2)4-6/h3-4,9H,5H2,1-2H3. The van der Waals surface area contributed by atoms with Gasteiger partial charge in [0.2, 0.25) is 0 Å². The third kappa shape index (κ3) is 2.48. The van der Waals surface area contributed by atoms with Crippen LogP contribution in [-0.2, 0) is 12.8 Å². The van der Waals surface area contributed by atoms with Gasteiger partial charge in [-0.1, -0.05) is 4.49 Å². The average Bonchev–Trinajstić information content (AvgIpc) is 2.83. The Hall–Kier alpha value is -1.08. The first kappa shape index (κ1) is 10.4. The number of anilines is 1. The maximum absolute atomic E-state index is 4.11. The van der Waals surface area contributed by atoms with E-state index in [1.165, 1.54) is 11.5 Å². The van der Waals surface area contributed by atoms with Crippen LogP contribution in [0.4, 0.5) is 5.00 Å². The first-order chi connectivity index (χ1) is 7.29. The number of thioether (sulfide) groups is 1. The quantitative estimate of drug-likeness (QED) is 0.824. The van der Waals surface area contributed by atoms with Crippen LogP contribution in [0.25, 0.3) is 0 Å². The molecule has 2 rings (SSSR count). The molecule has 1 N–H and O–H groups in total. The lowest BCUT2D eigenvalue weighted by Gasteiger charge is -1.97. The van der Waals surface area contributed by atoms with Crippen molar-refractivity contribution in [2.45, 2.75) is 10.6 Å². The van der Waals surface area contributed by atoms with Crippen LogP contribution >= 0.6 is 23.3 Å². The van der Waals surface area contributed by atoms with Crippen molar-refractivity contribution < 1.29 is 0 Å². The fourth-order valence-electron chi connectivity index (χ4n) is 1.12. The fourth-order valence-corrected chi connectivity index (χ4v) is 2.59. The molecular weight excluding hydrogens is 230 g/mol. The molecule has 2 aromatic rings. The van der Waals surface area contributed by atoms with Crippen molar-refractivity contribution in [1.82, 2.24) is 19.4 Å². The van der Waals surface area contributed by atoms with Gasteiger partial charge in [-0.15, -0.1) is 16.9 Å². The number of nitrogens with zero attached hydrogens (tertiary/aromatic N) is 4. The van der Waals surface area contributed by atoms with Gasteiger partial charge < -0.3 is 5.32 Å². The number of rotatable bonds is 4. The molecule has 0 radical (unpaired) electrons. The van der Waals surface area contributed by atoms with E-state index in [4.69, 9.17) is 0 Å². The number of aromatic nitrogens is 4. The van der Waals surface area contributed by atoms with Gasteiger partial charge in [0.1, 0.15) is 10.7 Å². The van der Waals surface area contributed by atoms with Gasteiger partial charge >= 0.3 is 0 Å². The van der Waals surface area contributed by atoms with Gasteiger partial charge in [-0.2, -0.15) is 5.10 Å². The molecule has 2 heterocycles. The van der Waals surface area contributed by atoms with E-state index in [-0.39, 0.29) is 0 Å². The van der Waals surface area contributed by atoms with E-state index in [0.29, 0.717) is 0 Å². The molecule has 0 amide bonds. The van der Waals surface area contributed by atoms with Crippen LogP contribution in [0, 0.1) is 0 Å². The van der Waals surface area contributed by atoms with Crippen molar-refractivity contribution in [3.8, 4) is 0 Å². The van der Waals surface area contributed by atoms with Gasteiger partial charge in [0.05, 0.1) is 6.20 Å². The van der Waals surface area contributed by atoms with Gasteiger partial charge in [-0.3, -0.25) is 4.68 Å². The zero-order chi connectivity index (χ0) is 10.7. The van der Waals surface area contributed by atoms with Crippen LogP contribution in [0.5, 0.6) is 0 Å². The SMILES string of the molecule is CNc1snnc1CSc1cnn(C)c1. The van der Waals surface area contributed by atoms with Crippen molar-refractivity contribution in [3.63, 3.8) is 0 Å². The van der Waals surface area contributed by atoms with Crippen LogP contribution in [0.2, 0.25) is 0 Å². The Balaban J connectivity index is 1.98. The molecule has 0 bridgehead atoms. The Bertz CT molecular complexity index is 436. The van der Waals surface area contributed by atoms with Crippen LogP contribution in [0.1, 0.15) is 5.69 Å². The van der Waals surface area contributed by atoms with E-state index in [9.17, 15) is 0 Å². The summed E-state index contributed by atoms with van der Waals surface area (Å²) >= 11 is 3.09. The van der Waals surface area contributed by atoms with Gasteiger partial charge in [0.25, 0.3) is 0 Å². The molecule has 5 nitrogen and oxygen atoms in total. The molecular formula is C8H11N5S2. The van der Waals surface area contributed by atoms with Crippen molar-refractivity contribution >= 4 is 28.3 Å². The Kier molecular flexibility index (Phi) is 3.22. The van der Waals surface area contributed by atoms with Crippen LogP contribution < -0.4 is 5.32 Å². The van der Waals surface area contributed by atoms with E-state index in [0.717, 1.165) is 21.3 Å². The summed E-state index contributed by atoms with van der Waals surface area (Å²) in [6.07, 6.45) is 3.84. The third-order valence-corrected chi connectivity index (χ3v) is 3.59. The first-order valence-corrected chi connectivity index (χ1v) is 6.16. The summed E-state index contributed by atoms with van der Waals surface area (Å²) in [7, 11) is 3.79. The molecule has 2 aromatic heterocycles. The van der Waals surface area contributed by atoms with E-state index in [1.807, 2.05) is 26.5 Å².